The molecule has 0 bridgehead atoms. The highest BCUT2D eigenvalue weighted by atomic mass is 127. The number of ether oxygens (including phenoxy) is 4. The Bertz CT molecular complexity index is 1280. The summed E-state index contributed by atoms with van der Waals surface area (Å²) in [7, 11) is 3.10. The van der Waals surface area contributed by atoms with Crippen LogP contribution in [0.25, 0.3) is 0 Å². The Kier molecular flexibility index (Phi) is 10.0. The maximum atomic E-state index is 12.2. The van der Waals surface area contributed by atoms with Crippen LogP contribution in [0.1, 0.15) is 27.9 Å². The molecule has 0 aliphatic heterocycles. The van der Waals surface area contributed by atoms with Crippen LogP contribution in [0.3, 0.4) is 0 Å². The minimum atomic E-state index is -0.504. The van der Waals surface area contributed by atoms with Gasteiger partial charge in [-0.3, -0.25) is 4.79 Å². The van der Waals surface area contributed by atoms with Crippen molar-refractivity contribution in [3.63, 3.8) is 0 Å². The Balaban J connectivity index is 1.61. The first-order chi connectivity index (χ1) is 17.4. The molecule has 1 heterocycles. The van der Waals surface area contributed by atoms with Crippen molar-refractivity contribution in [2.45, 2.75) is 20.1 Å². The molecule has 1 N–H and O–H groups in total. The summed E-state index contributed by atoms with van der Waals surface area (Å²) in [5.74, 6) is 0.754. The van der Waals surface area contributed by atoms with Gasteiger partial charge >= 0.3 is 0 Å². The van der Waals surface area contributed by atoms with E-state index >= 15 is 0 Å². The topological polar surface area (TPSA) is 115 Å². The van der Waals surface area contributed by atoms with Crippen molar-refractivity contribution in [3.05, 3.63) is 80.0 Å². The molecule has 9 nitrogen and oxygen atoms in total. The summed E-state index contributed by atoms with van der Waals surface area (Å²) in [5, 5.41) is 13.4. The fourth-order valence-corrected chi connectivity index (χ4v) is 4.01. The average Bonchev–Trinajstić information content (AvgIpc) is 2.87. The first-order valence-electron chi connectivity index (χ1n) is 10.8. The van der Waals surface area contributed by atoms with Crippen LogP contribution >= 0.6 is 22.6 Å². The average molecular weight is 600 g/mol. The van der Waals surface area contributed by atoms with E-state index in [2.05, 4.69) is 44.2 Å². The van der Waals surface area contributed by atoms with Gasteiger partial charge in [-0.1, -0.05) is 30.3 Å². The molecule has 0 unspecified atom stereocenters. The van der Waals surface area contributed by atoms with Crippen molar-refractivity contribution >= 4 is 34.7 Å². The van der Waals surface area contributed by atoms with E-state index in [0.717, 1.165) is 9.13 Å². The highest BCUT2D eigenvalue weighted by Crippen LogP contribution is 2.34. The number of nitriles is 1. The van der Waals surface area contributed by atoms with Gasteiger partial charge in [0, 0.05) is 18.4 Å². The molecule has 36 heavy (non-hydrogen) atoms. The number of methoxy groups -OCH3 is 2. The van der Waals surface area contributed by atoms with Gasteiger partial charge in [0.25, 0.3) is 5.91 Å². The van der Waals surface area contributed by atoms with Crippen LogP contribution in [-0.4, -0.2) is 37.9 Å². The number of carbonyl (C=O) groups excluding carboxylic acids is 1. The second-order valence-electron chi connectivity index (χ2n) is 7.54. The van der Waals surface area contributed by atoms with Crippen molar-refractivity contribution in [2.75, 3.05) is 20.8 Å². The van der Waals surface area contributed by atoms with Crippen molar-refractivity contribution in [3.8, 4) is 23.4 Å². The summed E-state index contributed by atoms with van der Waals surface area (Å²) in [5.41, 5.74) is 5.68. The van der Waals surface area contributed by atoms with E-state index in [0.29, 0.717) is 34.9 Å². The fourth-order valence-electron chi connectivity index (χ4n) is 3.23. The van der Waals surface area contributed by atoms with Gasteiger partial charge in [0.2, 0.25) is 5.88 Å². The third-order valence-corrected chi connectivity index (χ3v) is 5.63. The molecule has 3 aromatic rings. The molecule has 0 aliphatic rings. The van der Waals surface area contributed by atoms with Crippen LogP contribution in [0, 0.1) is 21.8 Å². The van der Waals surface area contributed by atoms with Gasteiger partial charge in [0.05, 0.1) is 23.5 Å². The van der Waals surface area contributed by atoms with Crippen LogP contribution in [-0.2, 0) is 22.7 Å². The molecule has 0 aliphatic carbocycles. The molecule has 0 saturated carbocycles. The van der Waals surface area contributed by atoms with Gasteiger partial charge in [0.15, 0.2) is 18.1 Å². The number of amides is 1. The normalized spacial score (nSPS) is 10.6. The number of carbonyl (C=O) groups is 1. The lowest BCUT2D eigenvalue weighted by Crippen LogP contribution is -2.25. The lowest BCUT2D eigenvalue weighted by Gasteiger charge is -2.13. The van der Waals surface area contributed by atoms with Gasteiger partial charge in [-0.15, -0.1) is 0 Å². The van der Waals surface area contributed by atoms with Crippen LogP contribution in [0.4, 0.5) is 0 Å². The highest BCUT2D eigenvalue weighted by Gasteiger charge is 2.15. The monoisotopic (exact) mass is 600 g/mol. The summed E-state index contributed by atoms with van der Waals surface area (Å²) in [6, 6.07) is 17.3. The maximum absolute atomic E-state index is 12.2. The summed E-state index contributed by atoms with van der Waals surface area (Å²) < 4.78 is 22.9. The number of pyridine rings is 1. The second kappa shape index (κ2) is 13.4. The van der Waals surface area contributed by atoms with E-state index < -0.39 is 5.91 Å². The SMILES string of the molecule is COCc1cc(C)nc(OCC(=O)N/N=C\c2cc(I)c(OCc3ccccc3)c(OC)c2)c1C#N. The lowest BCUT2D eigenvalue weighted by molar-refractivity contribution is -0.123. The third kappa shape index (κ3) is 7.40. The zero-order chi connectivity index (χ0) is 25.9. The van der Waals surface area contributed by atoms with Gasteiger partial charge in [-0.25, -0.2) is 10.4 Å². The number of benzene rings is 2. The van der Waals surface area contributed by atoms with Crippen LogP contribution in [0.5, 0.6) is 17.4 Å². The first-order valence-corrected chi connectivity index (χ1v) is 11.9. The molecule has 2 aromatic carbocycles. The Morgan fingerprint density at radius 2 is 1.94 bits per heavy atom. The van der Waals surface area contributed by atoms with E-state index in [1.807, 2.05) is 36.4 Å². The molecule has 0 radical (unpaired) electrons. The summed E-state index contributed by atoms with van der Waals surface area (Å²) in [4.78, 5) is 16.4. The minimum Gasteiger partial charge on any atom is -0.493 e. The predicted octanol–water partition coefficient (Wildman–Crippen LogP) is 4.13. The Labute approximate surface area is 223 Å². The van der Waals surface area contributed by atoms with E-state index in [1.54, 1.807) is 26.2 Å². The molecule has 186 valence electrons. The fraction of sp³-hybridized carbons (Fsp3) is 0.231. The third-order valence-electron chi connectivity index (χ3n) is 4.83. The van der Waals surface area contributed by atoms with Crippen LogP contribution in [0.2, 0.25) is 0 Å². The van der Waals surface area contributed by atoms with Gasteiger partial charge in [-0.2, -0.15) is 10.4 Å². The van der Waals surface area contributed by atoms with Gasteiger partial charge < -0.3 is 18.9 Å². The largest absolute Gasteiger partial charge is 0.493 e. The summed E-state index contributed by atoms with van der Waals surface area (Å²) in [6.07, 6.45) is 1.49. The molecule has 1 aromatic heterocycles. The Hall–Kier alpha value is -3.69. The standard InChI is InChI=1S/C26H25IN4O5/c1-17-9-20(15-33-2)21(12-28)26(30-17)36-16-24(32)31-29-13-19-10-22(27)25(23(11-19)34-3)35-14-18-7-5-4-6-8-18/h4-11,13H,14-16H2,1-3H3,(H,31,32)/b29-13-. The van der Waals surface area contributed by atoms with E-state index in [9.17, 15) is 10.1 Å². The smallest absolute Gasteiger partial charge is 0.278 e. The molecule has 0 saturated heterocycles. The van der Waals surface area contributed by atoms with Crippen LogP contribution < -0.4 is 19.6 Å². The molecule has 0 fully saturated rings. The number of halogens is 1. The number of aryl methyl sites for hydroxylation is 1. The highest BCUT2D eigenvalue weighted by molar-refractivity contribution is 14.1. The second-order valence-corrected chi connectivity index (χ2v) is 8.70. The van der Waals surface area contributed by atoms with Gasteiger partial charge in [-0.05, 0) is 58.8 Å². The predicted molar refractivity (Wildman–Crippen MR) is 142 cm³/mol. The van der Waals surface area contributed by atoms with Crippen molar-refractivity contribution in [2.24, 2.45) is 5.10 Å². The van der Waals surface area contributed by atoms with Crippen molar-refractivity contribution in [1.29, 1.82) is 5.26 Å². The molecule has 10 heteroatoms. The number of rotatable bonds is 11. The zero-order valence-corrected chi connectivity index (χ0v) is 22.2. The van der Waals surface area contributed by atoms with E-state index in [4.69, 9.17) is 18.9 Å². The Morgan fingerprint density at radius 1 is 1.17 bits per heavy atom. The number of nitrogens with zero attached hydrogens (tertiary/aromatic N) is 3. The maximum Gasteiger partial charge on any atom is 0.278 e. The quantitative estimate of drug-likeness (QED) is 0.200. The minimum absolute atomic E-state index is 0.0778. The van der Waals surface area contributed by atoms with E-state index in [-0.39, 0.29) is 24.7 Å². The molecular formula is C26H25IN4O5. The van der Waals surface area contributed by atoms with Crippen LogP contribution in [0.15, 0.2) is 53.6 Å². The number of hydrogen-bond donors (Lipinski definition) is 1. The number of hydrazone groups is 1. The number of nitrogens with one attached hydrogen (secondary N) is 1. The van der Waals surface area contributed by atoms with Crippen molar-refractivity contribution < 1.29 is 23.7 Å². The molecular weight excluding hydrogens is 575 g/mol. The van der Waals surface area contributed by atoms with Crippen molar-refractivity contribution in [1.82, 2.24) is 10.4 Å². The van der Waals surface area contributed by atoms with E-state index in [1.165, 1.54) is 13.3 Å². The summed E-state index contributed by atoms with van der Waals surface area (Å²) >= 11 is 2.16. The molecule has 0 atom stereocenters. The number of hydrogen-bond acceptors (Lipinski definition) is 8. The van der Waals surface area contributed by atoms with Gasteiger partial charge in [0.1, 0.15) is 18.2 Å². The Morgan fingerprint density at radius 3 is 2.64 bits per heavy atom. The first kappa shape index (κ1) is 26.9. The molecule has 0 spiro atoms. The molecule has 1 amide bonds. The lowest BCUT2D eigenvalue weighted by atomic mass is 10.1. The molecule has 3 rings (SSSR count). The zero-order valence-electron chi connectivity index (χ0n) is 20.1. The summed E-state index contributed by atoms with van der Waals surface area (Å²) in [6.45, 7) is 2.05. The number of aromatic nitrogens is 1.